The number of rotatable bonds is 7. The van der Waals surface area contributed by atoms with Crippen molar-refractivity contribution in [1.29, 1.82) is 0 Å². The van der Waals surface area contributed by atoms with Crippen LogP contribution < -0.4 is 0 Å². The molecule has 0 radical (unpaired) electrons. The summed E-state index contributed by atoms with van der Waals surface area (Å²) >= 11 is 10.6. The maximum Gasteiger partial charge on any atom is 0.338 e. The fourth-order valence-electron chi connectivity index (χ4n) is 7.55. The van der Waals surface area contributed by atoms with Gasteiger partial charge < -0.3 is 14.2 Å². The number of hydrogen-bond acceptors (Lipinski definition) is 6. The van der Waals surface area contributed by atoms with Crippen molar-refractivity contribution in [3.63, 3.8) is 0 Å². The first-order chi connectivity index (χ1) is 28.8. The third kappa shape index (κ3) is 8.72. The molecule has 294 valence electrons. The monoisotopic (exact) mass is 970 g/mol. The van der Waals surface area contributed by atoms with Gasteiger partial charge in [-0.15, -0.1) is 0 Å². The van der Waals surface area contributed by atoms with Gasteiger partial charge in [0.2, 0.25) is 0 Å². The van der Waals surface area contributed by atoms with Gasteiger partial charge in [0.25, 0.3) is 0 Å². The van der Waals surface area contributed by atoms with Crippen molar-refractivity contribution in [2.75, 3.05) is 20.3 Å². The number of esters is 1. The van der Waals surface area contributed by atoms with Crippen LogP contribution in [0.4, 0.5) is 0 Å². The predicted octanol–water partition coefficient (Wildman–Crippen LogP) is 12.8. The molecule has 0 atom stereocenters. The van der Waals surface area contributed by atoms with Gasteiger partial charge in [-0.3, -0.25) is 9.59 Å². The Labute approximate surface area is 368 Å². The smallest absolute Gasteiger partial charge is 0.338 e. The van der Waals surface area contributed by atoms with Crippen LogP contribution in [0, 0.1) is 0 Å². The highest BCUT2D eigenvalue weighted by atomic mass is 79.9. The fraction of sp³-hybridized carbons (Fsp3) is 0.100. The number of carbonyl (C=O) groups excluding carboxylic acids is 3. The van der Waals surface area contributed by atoms with E-state index in [-0.39, 0.29) is 12.3 Å². The van der Waals surface area contributed by atoms with Gasteiger partial charge >= 0.3 is 5.97 Å². The molecule has 6 nitrogen and oxygen atoms in total. The SMILES string of the molecule is Brc1ccc(C2OCCO2)cc1.COC(=O)c1ccccc1-c1ccccc1Br.O=Cc1ccc(C2(c3ccc(C=O)cc3)c3ccccc3-c3c(Br)cccc32)cc1. The molecule has 7 aromatic rings. The molecule has 0 aromatic heterocycles. The van der Waals surface area contributed by atoms with Crippen molar-refractivity contribution < 1.29 is 28.6 Å². The van der Waals surface area contributed by atoms with Crippen molar-refractivity contribution in [1.82, 2.24) is 0 Å². The molecular weight excluding hydrogens is 936 g/mol. The Bertz CT molecular complexity index is 2530. The lowest BCUT2D eigenvalue weighted by Gasteiger charge is -2.34. The normalized spacial score (nSPS) is 13.4. The zero-order chi connectivity index (χ0) is 41.4. The fourth-order valence-corrected chi connectivity index (χ4v) is 8.89. The zero-order valence-corrected chi connectivity index (χ0v) is 36.6. The molecule has 1 saturated heterocycles. The Hall–Kier alpha value is -5.29. The van der Waals surface area contributed by atoms with Crippen LogP contribution in [0.3, 0.4) is 0 Å². The maximum atomic E-state index is 11.7. The summed E-state index contributed by atoms with van der Waals surface area (Å²) in [7, 11) is 1.39. The molecule has 0 unspecified atom stereocenters. The highest BCUT2D eigenvalue weighted by Crippen LogP contribution is 2.57. The van der Waals surface area contributed by atoms with Gasteiger partial charge in [-0.1, -0.05) is 181 Å². The van der Waals surface area contributed by atoms with E-state index in [2.05, 4.69) is 90.3 Å². The molecule has 9 rings (SSSR count). The van der Waals surface area contributed by atoms with Crippen LogP contribution in [0.25, 0.3) is 22.3 Å². The third-order valence-corrected chi connectivity index (χ3v) is 12.1. The molecule has 59 heavy (non-hydrogen) atoms. The first kappa shape index (κ1) is 41.9. The predicted molar refractivity (Wildman–Crippen MR) is 242 cm³/mol. The number of hydrogen-bond donors (Lipinski definition) is 0. The summed E-state index contributed by atoms with van der Waals surface area (Å²) in [4.78, 5) is 34.2. The van der Waals surface area contributed by atoms with Crippen LogP contribution in [0.15, 0.2) is 177 Å². The maximum absolute atomic E-state index is 11.7. The van der Waals surface area contributed by atoms with E-state index >= 15 is 0 Å². The molecule has 1 fully saturated rings. The summed E-state index contributed by atoms with van der Waals surface area (Å²) in [6.45, 7) is 1.39. The van der Waals surface area contributed by atoms with Gasteiger partial charge in [0.05, 0.1) is 31.3 Å². The second-order valence-electron chi connectivity index (χ2n) is 13.6. The van der Waals surface area contributed by atoms with Crippen molar-refractivity contribution in [3.05, 3.63) is 222 Å². The number of fused-ring (bicyclic) bond motifs is 3. The van der Waals surface area contributed by atoms with Crippen molar-refractivity contribution in [2.45, 2.75) is 11.7 Å². The second-order valence-corrected chi connectivity index (χ2v) is 16.2. The van der Waals surface area contributed by atoms with Crippen molar-refractivity contribution >= 4 is 66.3 Å². The van der Waals surface area contributed by atoms with E-state index in [9.17, 15) is 14.4 Å². The summed E-state index contributed by atoms with van der Waals surface area (Å²) in [5, 5.41) is 0. The molecule has 0 saturated carbocycles. The number of methoxy groups -OCH3 is 1. The summed E-state index contributed by atoms with van der Waals surface area (Å²) in [6, 6.07) is 53.5. The van der Waals surface area contributed by atoms with Gasteiger partial charge in [-0.05, 0) is 69.3 Å². The number of benzene rings is 7. The number of aldehydes is 2. The van der Waals surface area contributed by atoms with E-state index in [1.54, 1.807) is 6.07 Å². The Morgan fingerprint density at radius 1 is 0.576 bits per heavy atom. The summed E-state index contributed by atoms with van der Waals surface area (Å²) in [6.07, 6.45) is 1.57. The largest absolute Gasteiger partial charge is 0.465 e. The Morgan fingerprint density at radius 3 is 1.66 bits per heavy atom. The molecule has 9 heteroatoms. The minimum Gasteiger partial charge on any atom is -0.465 e. The van der Waals surface area contributed by atoms with Crippen LogP contribution >= 0.6 is 47.8 Å². The van der Waals surface area contributed by atoms with Gasteiger partial charge in [0, 0.05) is 35.7 Å². The number of ether oxygens (including phenoxy) is 3. The van der Waals surface area contributed by atoms with E-state index in [4.69, 9.17) is 14.2 Å². The Kier molecular flexibility index (Phi) is 13.6. The number of carbonyl (C=O) groups is 3. The van der Waals surface area contributed by atoms with Crippen molar-refractivity contribution in [2.24, 2.45) is 0 Å². The van der Waals surface area contributed by atoms with Crippen LogP contribution in [0.1, 0.15) is 65.2 Å². The highest BCUT2D eigenvalue weighted by molar-refractivity contribution is 9.11. The van der Waals surface area contributed by atoms with Gasteiger partial charge in [0.15, 0.2) is 6.29 Å². The molecule has 7 aromatic carbocycles. The molecular formula is C50H37Br3O6. The van der Waals surface area contributed by atoms with Crippen LogP contribution in [-0.4, -0.2) is 38.9 Å². The van der Waals surface area contributed by atoms with Gasteiger partial charge in [0.1, 0.15) is 12.6 Å². The molecule has 1 aliphatic heterocycles. The molecule has 0 N–H and O–H groups in total. The zero-order valence-electron chi connectivity index (χ0n) is 31.8. The Balaban J connectivity index is 0.000000153. The molecule has 0 bridgehead atoms. The highest BCUT2D eigenvalue weighted by Gasteiger charge is 2.46. The average molecular weight is 974 g/mol. The first-order valence-corrected chi connectivity index (χ1v) is 21.1. The third-order valence-electron chi connectivity index (χ3n) is 10.2. The van der Waals surface area contributed by atoms with E-state index in [0.29, 0.717) is 29.9 Å². The Morgan fingerprint density at radius 2 is 1.08 bits per heavy atom. The average Bonchev–Trinajstić information content (AvgIpc) is 3.94. The lowest BCUT2D eigenvalue weighted by atomic mass is 9.67. The van der Waals surface area contributed by atoms with Gasteiger partial charge in [-0.25, -0.2) is 4.79 Å². The van der Waals surface area contributed by atoms with Crippen molar-refractivity contribution in [3.8, 4) is 22.3 Å². The topological polar surface area (TPSA) is 78.9 Å². The first-order valence-electron chi connectivity index (χ1n) is 18.7. The van der Waals surface area contributed by atoms with E-state index < -0.39 is 5.41 Å². The number of halogens is 3. The molecule has 2 aliphatic rings. The van der Waals surface area contributed by atoms with E-state index in [0.717, 1.165) is 53.8 Å². The summed E-state index contributed by atoms with van der Waals surface area (Å²) < 4.78 is 18.5. The minimum atomic E-state index is -0.543. The van der Waals surface area contributed by atoms with E-state index in [1.165, 1.54) is 29.4 Å². The molecule has 1 heterocycles. The molecule has 0 spiro atoms. The lowest BCUT2D eigenvalue weighted by molar-refractivity contribution is -0.0441. The second kappa shape index (κ2) is 19.2. The standard InChI is InChI=1S/C27H17BrO2.C14H11BrO2.C9H9BrO2/c28-25-7-3-6-24-26(25)22-4-1-2-5-23(22)27(24,20-12-8-18(16-29)9-13-20)21-14-10-19(17-30)11-15-21;1-17-14(16)12-8-3-2-6-10(12)11-7-4-5-9-13(11)15;10-8-3-1-7(2-4-8)9-11-5-6-12-9/h1-17H;2-9H,1H3;1-4,9H,5-6H2. The lowest BCUT2D eigenvalue weighted by Crippen LogP contribution is -2.28. The minimum absolute atomic E-state index is 0.155. The van der Waals surface area contributed by atoms with E-state index in [1.807, 2.05) is 115 Å². The quantitative estimate of drug-likeness (QED) is 0.117. The van der Waals surface area contributed by atoms with Crippen LogP contribution in [0.2, 0.25) is 0 Å². The summed E-state index contributed by atoms with van der Waals surface area (Å²) in [5.74, 6) is -0.323. The van der Waals surface area contributed by atoms with Crippen LogP contribution in [-0.2, 0) is 19.6 Å². The van der Waals surface area contributed by atoms with Gasteiger partial charge in [-0.2, -0.15) is 0 Å². The molecule has 1 aliphatic carbocycles. The van der Waals surface area contributed by atoms with Crippen LogP contribution in [0.5, 0.6) is 0 Å². The molecule has 0 amide bonds. The summed E-state index contributed by atoms with van der Waals surface area (Å²) in [5.41, 5.74) is 11.1.